The minimum Gasteiger partial charge on any atom is -0.481 e. The van der Waals surface area contributed by atoms with Gasteiger partial charge in [-0.05, 0) is 33.1 Å². The molecule has 7 nitrogen and oxygen atoms in total. The van der Waals surface area contributed by atoms with Crippen LogP contribution in [0.15, 0.2) is 0 Å². The minimum atomic E-state index is -1.04. The highest BCUT2D eigenvalue weighted by molar-refractivity contribution is 5.79. The lowest BCUT2D eigenvalue weighted by molar-refractivity contribution is -0.140. The minimum absolute atomic E-state index is 0.191. The maximum absolute atomic E-state index is 11.4. The van der Waals surface area contributed by atoms with Gasteiger partial charge >= 0.3 is 18.0 Å². The van der Waals surface area contributed by atoms with Gasteiger partial charge in [0, 0.05) is 6.42 Å². The van der Waals surface area contributed by atoms with Gasteiger partial charge < -0.3 is 20.3 Å². The lowest BCUT2D eigenvalue weighted by Crippen LogP contribution is -2.44. The number of ether oxygens (including phenoxy) is 1. The van der Waals surface area contributed by atoms with Crippen LogP contribution in [-0.4, -0.2) is 39.9 Å². The van der Waals surface area contributed by atoms with Gasteiger partial charge in [-0.2, -0.15) is 0 Å². The van der Waals surface area contributed by atoms with Gasteiger partial charge in [0.05, 0.1) is 0 Å². The second-order valence-corrected chi connectivity index (χ2v) is 5.91. The highest BCUT2D eigenvalue weighted by Crippen LogP contribution is 2.09. The molecule has 1 unspecified atom stereocenters. The fourth-order valence-corrected chi connectivity index (χ4v) is 1.14. The molecule has 0 saturated heterocycles. The van der Waals surface area contributed by atoms with Crippen LogP contribution in [0.5, 0.6) is 0 Å². The number of carbonyl (C=O) groups is 3. The monoisotopic (exact) mass is 305 g/mol. The summed E-state index contributed by atoms with van der Waals surface area (Å²) in [6.07, 6.45) is -0.0882. The van der Waals surface area contributed by atoms with Gasteiger partial charge in [-0.3, -0.25) is 4.79 Å². The fourth-order valence-electron chi connectivity index (χ4n) is 1.14. The normalized spacial score (nSPS) is 12.0. The van der Waals surface area contributed by atoms with Crippen LogP contribution in [0.2, 0.25) is 0 Å². The molecule has 0 aliphatic heterocycles. The Bertz CT molecular complexity index is 346. The third-order valence-corrected chi connectivity index (χ3v) is 2.00. The molecule has 21 heavy (non-hydrogen) atoms. The Kier molecular flexibility index (Phi) is 10.3. The molecule has 1 atom stereocenters. The van der Waals surface area contributed by atoms with E-state index in [1.165, 1.54) is 0 Å². The number of aliphatic carboxylic acids is 2. The van der Waals surface area contributed by atoms with E-state index in [2.05, 4.69) is 5.32 Å². The van der Waals surface area contributed by atoms with Crippen LogP contribution < -0.4 is 5.32 Å². The van der Waals surface area contributed by atoms with Crippen molar-refractivity contribution < 1.29 is 29.3 Å². The molecule has 0 aromatic heterocycles. The van der Waals surface area contributed by atoms with Crippen molar-refractivity contribution in [2.45, 2.75) is 66.0 Å². The summed E-state index contributed by atoms with van der Waals surface area (Å²) in [5.74, 6) is -1.60. The summed E-state index contributed by atoms with van der Waals surface area (Å²) in [7, 11) is 0. The average molecular weight is 305 g/mol. The standard InChI is InChI=1S/C11H21NO4.C3H6O2/c1-7(2)6-8(9(13)14)12-10(15)16-11(3,4)5;1-2-3(4)5/h7-8H,6H2,1-5H3,(H,12,15)(H,13,14);2H2,1H3,(H,4,5). The largest absolute Gasteiger partial charge is 0.481 e. The predicted octanol–water partition coefficient (Wildman–Crippen LogP) is 2.49. The van der Waals surface area contributed by atoms with Gasteiger partial charge in [0.2, 0.25) is 0 Å². The summed E-state index contributed by atoms with van der Waals surface area (Å²) < 4.78 is 4.99. The van der Waals surface area contributed by atoms with Crippen LogP contribution in [0.25, 0.3) is 0 Å². The summed E-state index contributed by atoms with van der Waals surface area (Å²) in [5.41, 5.74) is -0.620. The molecule has 124 valence electrons. The van der Waals surface area contributed by atoms with Gasteiger partial charge in [-0.15, -0.1) is 0 Å². The molecule has 0 radical (unpaired) electrons. The third-order valence-electron chi connectivity index (χ3n) is 2.00. The topological polar surface area (TPSA) is 113 Å². The second-order valence-electron chi connectivity index (χ2n) is 5.91. The number of rotatable bonds is 5. The molecule has 0 fully saturated rings. The zero-order chi connectivity index (χ0) is 17.2. The van der Waals surface area contributed by atoms with E-state index >= 15 is 0 Å². The van der Waals surface area contributed by atoms with E-state index in [-0.39, 0.29) is 12.3 Å². The van der Waals surface area contributed by atoms with Crippen molar-refractivity contribution in [3.63, 3.8) is 0 Å². The van der Waals surface area contributed by atoms with E-state index < -0.39 is 29.7 Å². The summed E-state index contributed by atoms with van der Waals surface area (Å²) in [5, 5.41) is 19.0. The van der Waals surface area contributed by atoms with E-state index in [1.54, 1.807) is 27.7 Å². The first kappa shape index (κ1) is 21.5. The third kappa shape index (κ3) is 16.2. The first-order valence-electron chi connectivity index (χ1n) is 6.83. The molecule has 0 spiro atoms. The molecule has 0 bridgehead atoms. The van der Waals surface area contributed by atoms with Crippen LogP contribution in [-0.2, 0) is 14.3 Å². The first-order chi connectivity index (χ1) is 9.38. The Morgan fingerprint density at radius 1 is 1.14 bits per heavy atom. The molecular formula is C14H27NO6. The number of amides is 1. The van der Waals surface area contributed by atoms with Crippen LogP contribution in [0.4, 0.5) is 4.79 Å². The number of nitrogens with one attached hydrogen (secondary N) is 1. The van der Waals surface area contributed by atoms with Gasteiger partial charge in [-0.1, -0.05) is 20.8 Å². The summed E-state index contributed by atoms with van der Waals surface area (Å²) >= 11 is 0. The fraction of sp³-hybridized carbons (Fsp3) is 0.786. The van der Waals surface area contributed by atoms with Crippen molar-refractivity contribution in [1.82, 2.24) is 5.32 Å². The van der Waals surface area contributed by atoms with Crippen molar-refractivity contribution in [3.8, 4) is 0 Å². The number of carbonyl (C=O) groups excluding carboxylic acids is 1. The number of hydrogen-bond donors (Lipinski definition) is 3. The van der Waals surface area contributed by atoms with Gasteiger partial charge in [-0.25, -0.2) is 9.59 Å². The molecule has 0 aliphatic carbocycles. The zero-order valence-corrected chi connectivity index (χ0v) is 13.6. The maximum atomic E-state index is 11.4. The molecule has 0 saturated carbocycles. The van der Waals surface area contributed by atoms with Crippen LogP contribution >= 0.6 is 0 Å². The smallest absolute Gasteiger partial charge is 0.408 e. The number of hydrogen-bond acceptors (Lipinski definition) is 4. The average Bonchev–Trinajstić information content (AvgIpc) is 2.25. The number of alkyl carbamates (subject to hydrolysis) is 1. The zero-order valence-electron chi connectivity index (χ0n) is 13.6. The second kappa shape index (κ2) is 10.0. The van der Waals surface area contributed by atoms with Gasteiger partial charge in [0.1, 0.15) is 11.6 Å². The highest BCUT2D eigenvalue weighted by atomic mass is 16.6. The molecule has 1 amide bonds. The SMILES string of the molecule is CC(C)CC(NC(=O)OC(C)(C)C)C(=O)O.CCC(=O)O. The maximum Gasteiger partial charge on any atom is 0.408 e. The molecule has 0 aromatic carbocycles. The van der Waals surface area contributed by atoms with Gasteiger partial charge in [0.25, 0.3) is 0 Å². The Morgan fingerprint density at radius 2 is 1.57 bits per heavy atom. The first-order valence-corrected chi connectivity index (χ1v) is 6.83. The van der Waals surface area contributed by atoms with E-state index in [1.807, 2.05) is 13.8 Å². The van der Waals surface area contributed by atoms with Crippen LogP contribution in [0, 0.1) is 5.92 Å². The molecular weight excluding hydrogens is 278 g/mol. The van der Waals surface area contributed by atoms with E-state index in [9.17, 15) is 14.4 Å². The van der Waals surface area contributed by atoms with Crippen molar-refractivity contribution in [3.05, 3.63) is 0 Å². The Morgan fingerprint density at radius 3 is 1.81 bits per heavy atom. The predicted molar refractivity (Wildman–Crippen MR) is 78.2 cm³/mol. The van der Waals surface area contributed by atoms with Crippen molar-refractivity contribution in [2.75, 3.05) is 0 Å². The van der Waals surface area contributed by atoms with Crippen molar-refractivity contribution in [2.24, 2.45) is 5.92 Å². The van der Waals surface area contributed by atoms with E-state index in [0.717, 1.165) is 0 Å². The molecule has 7 heteroatoms. The van der Waals surface area contributed by atoms with Gasteiger partial charge in [0.15, 0.2) is 0 Å². The van der Waals surface area contributed by atoms with Crippen LogP contribution in [0.3, 0.4) is 0 Å². The lowest BCUT2D eigenvalue weighted by Gasteiger charge is -2.22. The Hall–Kier alpha value is -1.79. The Balaban J connectivity index is 0. The lowest BCUT2D eigenvalue weighted by atomic mass is 10.0. The quantitative estimate of drug-likeness (QED) is 0.719. The highest BCUT2D eigenvalue weighted by Gasteiger charge is 2.24. The molecule has 0 heterocycles. The number of carboxylic acids is 2. The van der Waals surface area contributed by atoms with Crippen LogP contribution in [0.1, 0.15) is 54.4 Å². The van der Waals surface area contributed by atoms with Crippen molar-refractivity contribution in [1.29, 1.82) is 0 Å². The molecule has 0 rings (SSSR count). The Labute approximate surface area is 125 Å². The molecule has 3 N–H and O–H groups in total. The van der Waals surface area contributed by atoms with E-state index in [4.69, 9.17) is 14.9 Å². The molecule has 0 aliphatic rings. The number of carboxylic acid groups (broad SMARTS) is 2. The van der Waals surface area contributed by atoms with E-state index in [0.29, 0.717) is 6.42 Å². The van der Waals surface area contributed by atoms with Crippen molar-refractivity contribution >= 4 is 18.0 Å². The summed E-state index contributed by atoms with van der Waals surface area (Å²) in [6.45, 7) is 10.6. The summed E-state index contributed by atoms with van der Waals surface area (Å²) in [6, 6.07) is -0.894. The molecule has 0 aromatic rings. The summed E-state index contributed by atoms with van der Waals surface area (Å²) in [4.78, 5) is 31.6.